The van der Waals surface area contributed by atoms with Crippen molar-refractivity contribution in [3.05, 3.63) is 24.0 Å². The summed E-state index contributed by atoms with van der Waals surface area (Å²) in [5, 5.41) is 2.35. The van der Waals surface area contributed by atoms with E-state index in [0.717, 1.165) is 5.56 Å². The van der Waals surface area contributed by atoms with Gasteiger partial charge in [-0.15, -0.1) is 0 Å². The fraction of sp³-hybridized carbons (Fsp3) is 0.250. The standard InChI is InChI=1S/C8H10N2O2/c1-6-3-4-10-5-7(6)12-8(11)9-2/h3-5H,1-2H3,(H,9,11). The molecule has 0 spiro atoms. The van der Waals surface area contributed by atoms with Gasteiger partial charge in [0.2, 0.25) is 0 Å². The molecule has 0 fully saturated rings. The van der Waals surface area contributed by atoms with Crippen molar-refractivity contribution in [3.63, 3.8) is 0 Å². The zero-order valence-electron chi connectivity index (χ0n) is 7.00. The molecule has 1 rings (SSSR count). The van der Waals surface area contributed by atoms with Gasteiger partial charge in [0.15, 0.2) is 5.75 Å². The van der Waals surface area contributed by atoms with Crippen molar-refractivity contribution in [3.8, 4) is 5.75 Å². The minimum absolute atomic E-state index is 0.480. The van der Waals surface area contributed by atoms with E-state index in [1.54, 1.807) is 12.3 Å². The Bertz CT molecular complexity index is 286. The van der Waals surface area contributed by atoms with Crippen molar-refractivity contribution >= 4 is 6.09 Å². The monoisotopic (exact) mass is 166 g/mol. The summed E-state index contributed by atoms with van der Waals surface area (Å²) >= 11 is 0. The normalized spacial score (nSPS) is 9.17. The maximum absolute atomic E-state index is 10.8. The molecule has 0 saturated heterocycles. The van der Waals surface area contributed by atoms with E-state index in [-0.39, 0.29) is 0 Å². The molecule has 1 amide bonds. The highest BCUT2D eigenvalue weighted by atomic mass is 16.6. The van der Waals surface area contributed by atoms with Crippen LogP contribution >= 0.6 is 0 Å². The van der Waals surface area contributed by atoms with E-state index in [2.05, 4.69) is 10.3 Å². The first-order valence-electron chi connectivity index (χ1n) is 3.54. The van der Waals surface area contributed by atoms with Gasteiger partial charge in [-0.25, -0.2) is 4.79 Å². The van der Waals surface area contributed by atoms with Crippen molar-refractivity contribution in [2.24, 2.45) is 0 Å². The van der Waals surface area contributed by atoms with Crippen LogP contribution in [0.25, 0.3) is 0 Å². The summed E-state index contributed by atoms with van der Waals surface area (Å²) < 4.78 is 4.88. The van der Waals surface area contributed by atoms with Crippen LogP contribution in [0.15, 0.2) is 18.5 Å². The highest BCUT2D eigenvalue weighted by Gasteiger charge is 2.03. The molecule has 0 bridgehead atoms. The van der Waals surface area contributed by atoms with Crippen LogP contribution in [0.4, 0.5) is 4.79 Å². The summed E-state index contributed by atoms with van der Waals surface area (Å²) in [7, 11) is 1.51. The van der Waals surface area contributed by atoms with Gasteiger partial charge in [-0.3, -0.25) is 4.98 Å². The van der Waals surface area contributed by atoms with Crippen molar-refractivity contribution < 1.29 is 9.53 Å². The van der Waals surface area contributed by atoms with Gasteiger partial charge in [0.1, 0.15) is 0 Å². The number of ether oxygens (including phenoxy) is 1. The molecule has 0 unspecified atom stereocenters. The number of aromatic nitrogens is 1. The molecule has 1 aromatic heterocycles. The number of carbonyl (C=O) groups is 1. The summed E-state index contributed by atoms with van der Waals surface area (Å²) in [6.07, 6.45) is 2.67. The van der Waals surface area contributed by atoms with Crippen LogP contribution in [0.3, 0.4) is 0 Å². The average Bonchev–Trinajstić information content (AvgIpc) is 2.09. The number of pyridine rings is 1. The summed E-state index contributed by atoms with van der Waals surface area (Å²) in [5.74, 6) is 0.483. The van der Waals surface area contributed by atoms with Gasteiger partial charge in [0, 0.05) is 13.2 Å². The number of amides is 1. The number of aryl methyl sites for hydroxylation is 1. The van der Waals surface area contributed by atoms with E-state index in [1.807, 2.05) is 6.92 Å². The molecule has 4 heteroatoms. The molecule has 1 aromatic rings. The SMILES string of the molecule is CNC(=O)Oc1cnccc1C. The lowest BCUT2D eigenvalue weighted by Gasteiger charge is -2.04. The Kier molecular flexibility index (Phi) is 2.63. The van der Waals surface area contributed by atoms with Crippen molar-refractivity contribution in [1.82, 2.24) is 10.3 Å². The van der Waals surface area contributed by atoms with Crippen LogP contribution in [-0.4, -0.2) is 18.1 Å². The van der Waals surface area contributed by atoms with Crippen LogP contribution < -0.4 is 10.1 Å². The summed E-state index contributed by atoms with van der Waals surface area (Å²) in [6, 6.07) is 1.78. The molecule has 0 aliphatic rings. The molecule has 0 aliphatic carbocycles. The maximum atomic E-state index is 10.8. The van der Waals surface area contributed by atoms with E-state index in [0.29, 0.717) is 5.75 Å². The first kappa shape index (κ1) is 8.52. The smallest absolute Gasteiger partial charge is 0.408 e. The van der Waals surface area contributed by atoms with E-state index >= 15 is 0 Å². The van der Waals surface area contributed by atoms with Gasteiger partial charge in [-0.1, -0.05) is 0 Å². The van der Waals surface area contributed by atoms with Crippen molar-refractivity contribution in [1.29, 1.82) is 0 Å². The van der Waals surface area contributed by atoms with Crippen LogP contribution in [0.5, 0.6) is 5.75 Å². The van der Waals surface area contributed by atoms with Gasteiger partial charge in [0.05, 0.1) is 6.20 Å². The number of hydrogen-bond donors (Lipinski definition) is 1. The van der Waals surface area contributed by atoms with Gasteiger partial charge in [-0.05, 0) is 18.6 Å². The van der Waals surface area contributed by atoms with E-state index in [9.17, 15) is 4.79 Å². The fourth-order valence-corrected chi connectivity index (χ4v) is 0.707. The van der Waals surface area contributed by atoms with E-state index in [4.69, 9.17) is 4.74 Å². The average molecular weight is 166 g/mol. The lowest BCUT2D eigenvalue weighted by atomic mass is 10.3. The molecule has 0 saturated carbocycles. The third-order valence-corrected chi connectivity index (χ3v) is 1.40. The third-order valence-electron chi connectivity index (χ3n) is 1.40. The quantitative estimate of drug-likeness (QED) is 0.679. The van der Waals surface area contributed by atoms with Crippen LogP contribution in [0.2, 0.25) is 0 Å². The van der Waals surface area contributed by atoms with Crippen LogP contribution in [-0.2, 0) is 0 Å². The first-order valence-corrected chi connectivity index (χ1v) is 3.54. The summed E-state index contributed by atoms with van der Waals surface area (Å²) in [5.41, 5.74) is 0.883. The highest BCUT2D eigenvalue weighted by Crippen LogP contribution is 2.13. The molecule has 1 heterocycles. The Morgan fingerprint density at radius 2 is 2.42 bits per heavy atom. The highest BCUT2D eigenvalue weighted by molar-refractivity contribution is 5.70. The molecule has 0 atom stereocenters. The fourth-order valence-electron chi connectivity index (χ4n) is 0.707. The van der Waals surface area contributed by atoms with Crippen LogP contribution in [0, 0.1) is 6.92 Å². The molecule has 12 heavy (non-hydrogen) atoms. The molecule has 0 radical (unpaired) electrons. The van der Waals surface area contributed by atoms with Crippen molar-refractivity contribution in [2.75, 3.05) is 7.05 Å². The molecular formula is C8H10N2O2. The largest absolute Gasteiger partial charge is 0.412 e. The zero-order valence-corrected chi connectivity index (χ0v) is 7.00. The van der Waals surface area contributed by atoms with Gasteiger partial charge in [0.25, 0.3) is 0 Å². The second-order valence-corrected chi connectivity index (χ2v) is 2.28. The Labute approximate surface area is 70.6 Å². The molecule has 4 nitrogen and oxygen atoms in total. The Morgan fingerprint density at radius 1 is 1.67 bits per heavy atom. The first-order chi connectivity index (χ1) is 5.74. The number of carbonyl (C=O) groups excluding carboxylic acids is 1. The third kappa shape index (κ3) is 1.95. The second kappa shape index (κ2) is 3.71. The molecule has 0 aliphatic heterocycles. The molecule has 1 N–H and O–H groups in total. The van der Waals surface area contributed by atoms with Gasteiger partial charge < -0.3 is 10.1 Å². The lowest BCUT2D eigenvalue weighted by Crippen LogP contribution is -2.22. The molecule has 64 valence electrons. The van der Waals surface area contributed by atoms with Crippen molar-refractivity contribution in [2.45, 2.75) is 6.92 Å². The number of hydrogen-bond acceptors (Lipinski definition) is 3. The maximum Gasteiger partial charge on any atom is 0.412 e. The van der Waals surface area contributed by atoms with E-state index in [1.165, 1.54) is 13.2 Å². The number of nitrogens with zero attached hydrogens (tertiary/aromatic N) is 1. The minimum Gasteiger partial charge on any atom is -0.408 e. The minimum atomic E-state index is -0.480. The number of rotatable bonds is 1. The predicted molar refractivity (Wildman–Crippen MR) is 44.1 cm³/mol. The second-order valence-electron chi connectivity index (χ2n) is 2.28. The topological polar surface area (TPSA) is 51.2 Å². The number of nitrogens with one attached hydrogen (secondary N) is 1. The Morgan fingerprint density at radius 3 is 3.00 bits per heavy atom. The summed E-state index contributed by atoms with van der Waals surface area (Å²) in [4.78, 5) is 14.6. The van der Waals surface area contributed by atoms with Gasteiger partial charge in [-0.2, -0.15) is 0 Å². The lowest BCUT2D eigenvalue weighted by molar-refractivity contribution is 0.202. The molecule has 0 aromatic carbocycles. The van der Waals surface area contributed by atoms with Crippen LogP contribution in [0.1, 0.15) is 5.56 Å². The van der Waals surface area contributed by atoms with Gasteiger partial charge >= 0.3 is 6.09 Å². The predicted octanol–water partition coefficient (Wildman–Crippen LogP) is 1.11. The Balaban J connectivity index is 2.75. The summed E-state index contributed by atoms with van der Waals surface area (Å²) in [6.45, 7) is 1.85. The Hall–Kier alpha value is -1.58. The zero-order chi connectivity index (χ0) is 8.97. The molecular weight excluding hydrogens is 156 g/mol. The van der Waals surface area contributed by atoms with E-state index < -0.39 is 6.09 Å².